The second kappa shape index (κ2) is 11.0. The number of hydrogen-bond donors (Lipinski definition) is 0. The molecule has 1 unspecified atom stereocenters. The summed E-state index contributed by atoms with van der Waals surface area (Å²) in [5.74, 6) is -0.361. The van der Waals surface area contributed by atoms with Crippen LogP contribution in [0.1, 0.15) is 51.3 Å². The number of halogens is 2. The van der Waals surface area contributed by atoms with Gasteiger partial charge in [-0.2, -0.15) is 4.40 Å². The highest BCUT2D eigenvalue weighted by Crippen LogP contribution is 2.24. The van der Waals surface area contributed by atoms with Crippen molar-refractivity contribution in [1.82, 2.24) is 4.90 Å². The third-order valence-electron chi connectivity index (χ3n) is 4.71. The third kappa shape index (κ3) is 7.25. The molecule has 8 heteroatoms. The number of hydrogen-bond acceptors (Lipinski definition) is 3. The average Bonchev–Trinajstić information content (AvgIpc) is 2.72. The molecule has 5 nitrogen and oxygen atoms in total. The number of carbonyl (C=O) groups is 1. The zero-order chi connectivity index (χ0) is 23.2. The molecule has 31 heavy (non-hydrogen) atoms. The van der Waals surface area contributed by atoms with E-state index >= 15 is 0 Å². The van der Waals surface area contributed by atoms with E-state index in [-0.39, 0.29) is 11.9 Å². The first-order valence-electron chi connectivity index (χ1n) is 9.88. The summed E-state index contributed by atoms with van der Waals surface area (Å²) < 4.78 is 35.9. The number of carbonyl (C=O) groups excluding carboxylic acids is 1. The third-order valence-corrected chi connectivity index (χ3v) is 6.68. The summed E-state index contributed by atoms with van der Waals surface area (Å²) >= 11 is 3.42. The van der Waals surface area contributed by atoms with Gasteiger partial charge in [-0.25, -0.2) is 13.4 Å². The van der Waals surface area contributed by atoms with E-state index in [0.717, 1.165) is 10.0 Å². The van der Waals surface area contributed by atoms with E-state index < -0.39 is 21.8 Å². The van der Waals surface area contributed by atoms with Crippen LogP contribution in [0.15, 0.2) is 57.4 Å². The lowest BCUT2D eigenvalue weighted by Crippen LogP contribution is -2.35. The second-order valence-corrected chi connectivity index (χ2v) is 10.9. The lowest BCUT2D eigenvalue weighted by atomic mass is 10.0. The van der Waals surface area contributed by atoms with Crippen LogP contribution in [0.25, 0.3) is 0 Å². The molecule has 2 atom stereocenters. The van der Waals surface area contributed by atoms with Crippen molar-refractivity contribution in [3.63, 3.8) is 0 Å². The topological polar surface area (TPSA) is 59.0 Å². The Bertz CT molecular complexity index is 941. The largest absolute Gasteiger partial charge is 0.453 e. The normalized spacial score (nSPS) is 14.1. The summed E-state index contributed by atoms with van der Waals surface area (Å²) in [5.41, 5.74) is 2.16. The van der Waals surface area contributed by atoms with Crippen LogP contribution in [0.3, 0.4) is 0 Å². The zero-order valence-electron chi connectivity index (χ0n) is 18.4. The summed E-state index contributed by atoms with van der Waals surface area (Å²) in [6.45, 7) is 7.73. The van der Waals surface area contributed by atoms with Crippen molar-refractivity contribution >= 4 is 38.7 Å². The van der Waals surface area contributed by atoms with Crippen LogP contribution in [0, 0.1) is 5.82 Å². The first kappa shape index (κ1) is 25.2. The fraction of sp³-hybridized carbons (Fsp3) is 0.391. The molecule has 0 N–H and O–H groups in total. The van der Waals surface area contributed by atoms with Gasteiger partial charge in [-0.3, -0.25) is 0 Å². The molecule has 0 radical (unpaired) electrons. The summed E-state index contributed by atoms with van der Waals surface area (Å²) in [7, 11) is -0.155. The monoisotopic (exact) mass is 510 g/mol. The van der Waals surface area contributed by atoms with E-state index in [0.29, 0.717) is 24.2 Å². The van der Waals surface area contributed by atoms with E-state index in [9.17, 15) is 13.4 Å². The van der Waals surface area contributed by atoms with Crippen LogP contribution >= 0.6 is 15.9 Å². The van der Waals surface area contributed by atoms with Gasteiger partial charge in [0.25, 0.3) is 0 Å². The van der Waals surface area contributed by atoms with Gasteiger partial charge in [0, 0.05) is 17.4 Å². The van der Waals surface area contributed by atoms with Crippen LogP contribution in [-0.2, 0) is 15.7 Å². The molecule has 0 heterocycles. The molecule has 0 aliphatic carbocycles. The van der Waals surface area contributed by atoms with Crippen LogP contribution in [0.5, 0.6) is 0 Å². The number of amides is 1. The number of ether oxygens (including phenoxy) is 1. The summed E-state index contributed by atoms with van der Waals surface area (Å²) in [4.78, 5) is 14.1. The highest BCUT2D eigenvalue weighted by Gasteiger charge is 2.24. The van der Waals surface area contributed by atoms with Crippen molar-refractivity contribution in [2.75, 3.05) is 13.7 Å². The number of benzene rings is 2. The lowest BCUT2D eigenvalue weighted by Gasteiger charge is -2.28. The SMILES string of the molecule is COC(=O)N(CCC(=NS(=O)C(C)(C)C)c1ccc(F)cc1)[C@@H](C)c1ccc(Br)cc1. The van der Waals surface area contributed by atoms with Crippen molar-refractivity contribution in [2.45, 2.75) is 44.9 Å². The Labute approximate surface area is 194 Å². The molecule has 0 aromatic heterocycles. The average molecular weight is 511 g/mol. The number of methoxy groups -OCH3 is 1. The Kier molecular flexibility index (Phi) is 8.94. The minimum Gasteiger partial charge on any atom is -0.453 e. The van der Waals surface area contributed by atoms with Gasteiger partial charge < -0.3 is 9.64 Å². The van der Waals surface area contributed by atoms with Gasteiger partial charge >= 0.3 is 6.09 Å². The Morgan fingerprint density at radius 2 is 1.74 bits per heavy atom. The lowest BCUT2D eigenvalue weighted by molar-refractivity contribution is 0.109. The molecule has 2 aromatic rings. The van der Waals surface area contributed by atoms with Gasteiger partial charge in [-0.15, -0.1) is 0 Å². The minimum absolute atomic E-state index is 0.247. The predicted molar refractivity (Wildman–Crippen MR) is 127 cm³/mol. The van der Waals surface area contributed by atoms with Crippen LogP contribution in [-0.4, -0.2) is 39.3 Å². The molecule has 0 spiro atoms. The zero-order valence-corrected chi connectivity index (χ0v) is 20.8. The summed E-state index contributed by atoms with van der Waals surface area (Å²) in [6.07, 6.45) is -0.130. The van der Waals surface area contributed by atoms with Gasteiger partial charge in [-0.05, 0) is 63.1 Å². The molecule has 0 aliphatic rings. The Hall–Kier alpha value is -2.06. The maximum Gasteiger partial charge on any atom is 0.409 e. The smallest absolute Gasteiger partial charge is 0.409 e. The van der Waals surface area contributed by atoms with Crippen LogP contribution in [0.2, 0.25) is 0 Å². The molecule has 1 amide bonds. The van der Waals surface area contributed by atoms with Crippen molar-refractivity contribution < 1.29 is 18.1 Å². The van der Waals surface area contributed by atoms with E-state index in [4.69, 9.17) is 4.74 Å². The molecule has 2 aromatic carbocycles. The molecule has 0 fully saturated rings. The number of nitrogens with zero attached hydrogens (tertiary/aromatic N) is 2. The van der Waals surface area contributed by atoms with E-state index in [1.807, 2.05) is 52.0 Å². The first-order chi connectivity index (χ1) is 14.5. The van der Waals surface area contributed by atoms with Gasteiger partial charge in [0.2, 0.25) is 0 Å². The van der Waals surface area contributed by atoms with Gasteiger partial charge in [-0.1, -0.05) is 40.2 Å². The van der Waals surface area contributed by atoms with Crippen LogP contribution in [0.4, 0.5) is 9.18 Å². The van der Waals surface area contributed by atoms with Crippen molar-refractivity contribution in [2.24, 2.45) is 4.40 Å². The predicted octanol–water partition coefficient (Wildman–Crippen LogP) is 6.06. The molecule has 2 rings (SSSR count). The Balaban J connectivity index is 2.33. The van der Waals surface area contributed by atoms with Crippen LogP contribution < -0.4 is 0 Å². The maximum absolute atomic E-state index is 13.4. The van der Waals surface area contributed by atoms with Gasteiger partial charge in [0.1, 0.15) is 16.8 Å². The summed E-state index contributed by atoms with van der Waals surface area (Å²) in [5, 5.41) is 0. The highest BCUT2D eigenvalue weighted by molar-refractivity contribution is 9.10. The van der Waals surface area contributed by atoms with Gasteiger partial charge in [0.15, 0.2) is 0 Å². The standard InChI is InChI=1S/C23H28BrFN2O3S/c1-16(17-6-10-19(24)11-7-17)27(22(28)30-5)15-14-21(26-31(29)23(2,3)4)18-8-12-20(25)13-9-18/h6-13,16H,14-15H2,1-5H3/t16-,31?/m0/s1. The van der Waals surface area contributed by atoms with Crippen molar-refractivity contribution in [1.29, 1.82) is 0 Å². The molecule has 0 saturated carbocycles. The molecule has 0 saturated heterocycles. The second-order valence-electron chi connectivity index (χ2n) is 8.05. The Morgan fingerprint density at radius 1 is 1.16 bits per heavy atom. The van der Waals surface area contributed by atoms with E-state index in [1.165, 1.54) is 19.2 Å². The van der Waals surface area contributed by atoms with Crippen molar-refractivity contribution in [3.8, 4) is 0 Å². The Morgan fingerprint density at radius 3 is 2.26 bits per heavy atom. The highest BCUT2D eigenvalue weighted by atomic mass is 79.9. The molecule has 168 valence electrons. The molecule has 0 bridgehead atoms. The first-order valence-corrected chi connectivity index (χ1v) is 11.8. The molecular formula is C23H28BrFN2O3S. The van der Waals surface area contributed by atoms with E-state index in [1.54, 1.807) is 17.0 Å². The van der Waals surface area contributed by atoms with E-state index in [2.05, 4.69) is 20.3 Å². The maximum atomic E-state index is 13.4. The molecular weight excluding hydrogens is 483 g/mol. The van der Waals surface area contributed by atoms with Gasteiger partial charge in [0.05, 0.1) is 23.6 Å². The quantitative estimate of drug-likeness (QED) is 0.425. The summed E-state index contributed by atoms with van der Waals surface area (Å²) in [6, 6.07) is 13.4. The molecule has 0 aliphatic heterocycles. The minimum atomic E-state index is -1.50. The number of rotatable bonds is 7. The van der Waals surface area contributed by atoms with Crippen molar-refractivity contribution in [3.05, 3.63) is 69.9 Å². The fourth-order valence-electron chi connectivity index (χ4n) is 2.83. The fourth-order valence-corrected chi connectivity index (χ4v) is 3.76.